The molecule has 0 aromatic heterocycles. The lowest BCUT2D eigenvalue weighted by molar-refractivity contribution is -0.175. The molecular formula is C29H51BO3. The van der Waals surface area contributed by atoms with E-state index in [9.17, 15) is 9.90 Å². The number of rotatable bonds is 6. The highest BCUT2D eigenvalue weighted by molar-refractivity contribution is 6.16. The molecule has 4 aliphatic rings. The number of carbonyl (C=O) groups is 1. The zero-order chi connectivity index (χ0) is 24.2. The van der Waals surface area contributed by atoms with Gasteiger partial charge in [0, 0.05) is 6.92 Å². The first-order chi connectivity index (χ1) is 15.4. The topological polar surface area (TPSA) is 46.5 Å². The summed E-state index contributed by atoms with van der Waals surface area (Å²) in [5.41, 5.74) is 0.603. The second kappa shape index (κ2) is 9.18. The molecule has 0 aromatic carbocycles. The van der Waals surface area contributed by atoms with Gasteiger partial charge in [0.25, 0.3) is 0 Å². The van der Waals surface area contributed by atoms with Gasteiger partial charge in [-0.3, -0.25) is 4.79 Å². The molecule has 0 heterocycles. The summed E-state index contributed by atoms with van der Waals surface area (Å²) in [6.07, 6.45) is 13.1. The van der Waals surface area contributed by atoms with E-state index in [1.807, 2.05) is 0 Å². The van der Waals surface area contributed by atoms with E-state index in [2.05, 4.69) is 42.5 Å². The van der Waals surface area contributed by atoms with Crippen LogP contribution < -0.4 is 0 Å². The quantitative estimate of drug-likeness (QED) is 0.382. The maximum Gasteiger partial charge on any atom is 0.302 e. The van der Waals surface area contributed by atoms with E-state index in [-0.39, 0.29) is 28.9 Å². The Balaban J connectivity index is 1.51. The van der Waals surface area contributed by atoms with Crippen LogP contribution in [0.1, 0.15) is 112 Å². The first kappa shape index (κ1) is 25.6. The first-order valence-corrected chi connectivity index (χ1v) is 14.3. The first-order valence-electron chi connectivity index (χ1n) is 14.3. The van der Waals surface area contributed by atoms with Gasteiger partial charge in [0.1, 0.15) is 14.0 Å². The lowest BCUT2D eigenvalue weighted by atomic mass is 9.34. The average molecular weight is 459 g/mol. The molecule has 33 heavy (non-hydrogen) atoms. The van der Waals surface area contributed by atoms with Crippen LogP contribution in [0.25, 0.3) is 0 Å². The van der Waals surface area contributed by atoms with E-state index in [4.69, 9.17) is 4.74 Å². The molecule has 0 spiro atoms. The third-order valence-corrected chi connectivity index (χ3v) is 12.0. The molecule has 0 aromatic rings. The number of aliphatic hydroxyl groups is 1. The van der Waals surface area contributed by atoms with Crippen molar-refractivity contribution >= 4 is 13.8 Å². The predicted octanol–water partition coefficient (Wildman–Crippen LogP) is 6.19. The molecular weight excluding hydrogens is 407 g/mol. The van der Waals surface area contributed by atoms with Crippen molar-refractivity contribution in [3.05, 3.63) is 0 Å². The monoisotopic (exact) mass is 458 g/mol. The fraction of sp³-hybridized carbons (Fsp3) is 0.966. The number of carbonyl (C=O) groups excluding carboxylic acids is 1. The minimum absolute atomic E-state index is 0.0248. The number of hydrogen-bond donors (Lipinski definition) is 1. The highest BCUT2D eigenvalue weighted by Gasteiger charge is 2.66. The van der Waals surface area contributed by atoms with E-state index in [1.165, 1.54) is 51.9 Å². The van der Waals surface area contributed by atoms with E-state index < -0.39 is 0 Å². The van der Waals surface area contributed by atoms with E-state index in [0.29, 0.717) is 17.3 Å². The van der Waals surface area contributed by atoms with Crippen molar-refractivity contribution in [3.8, 4) is 0 Å². The third kappa shape index (κ3) is 4.23. The van der Waals surface area contributed by atoms with Gasteiger partial charge in [-0.1, -0.05) is 53.9 Å². The van der Waals surface area contributed by atoms with Gasteiger partial charge in [0.05, 0.1) is 6.10 Å². The summed E-state index contributed by atoms with van der Waals surface area (Å²) in [5.74, 6) is 4.46. The fourth-order valence-corrected chi connectivity index (χ4v) is 9.97. The van der Waals surface area contributed by atoms with Crippen LogP contribution in [0.2, 0.25) is 5.31 Å². The molecule has 1 N–H and O–H groups in total. The molecule has 0 radical (unpaired) electrons. The Bertz CT molecular complexity index is 724. The zero-order valence-corrected chi connectivity index (χ0v) is 22.7. The second-order valence-corrected chi connectivity index (χ2v) is 14.0. The number of hydrogen-bond acceptors (Lipinski definition) is 3. The molecule has 0 unspecified atom stereocenters. The van der Waals surface area contributed by atoms with Crippen LogP contribution in [0.15, 0.2) is 0 Å². The van der Waals surface area contributed by atoms with E-state index in [0.717, 1.165) is 49.4 Å². The number of aliphatic hydroxyl groups excluding tert-OH is 1. The molecule has 10 atom stereocenters. The maximum atomic E-state index is 11.6. The Kier molecular flexibility index (Phi) is 7.11. The molecule has 4 rings (SSSR count). The maximum absolute atomic E-state index is 11.6. The Morgan fingerprint density at radius 2 is 1.79 bits per heavy atom. The second-order valence-electron chi connectivity index (χ2n) is 14.0. The van der Waals surface area contributed by atoms with Gasteiger partial charge in [-0.05, 0) is 103 Å². The molecule has 4 heteroatoms. The largest absolute Gasteiger partial charge is 0.463 e. The van der Waals surface area contributed by atoms with Gasteiger partial charge in [-0.25, -0.2) is 0 Å². The molecule has 0 aliphatic heterocycles. The van der Waals surface area contributed by atoms with Crippen molar-refractivity contribution in [2.75, 3.05) is 0 Å². The van der Waals surface area contributed by atoms with Gasteiger partial charge >= 0.3 is 5.97 Å². The average Bonchev–Trinajstić information content (AvgIpc) is 3.07. The summed E-state index contributed by atoms with van der Waals surface area (Å²) in [6, 6.07) is 0. The lowest BCUT2D eigenvalue weighted by Gasteiger charge is -2.67. The fourth-order valence-electron chi connectivity index (χ4n) is 9.97. The molecule has 4 aliphatic carbocycles. The molecule has 0 bridgehead atoms. The van der Waals surface area contributed by atoms with Crippen LogP contribution in [0.4, 0.5) is 0 Å². The van der Waals surface area contributed by atoms with Crippen molar-refractivity contribution in [2.24, 2.45) is 46.3 Å². The molecule has 4 saturated carbocycles. The Morgan fingerprint density at radius 1 is 1.06 bits per heavy atom. The van der Waals surface area contributed by atoms with E-state index in [1.54, 1.807) is 0 Å². The smallest absolute Gasteiger partial charge is 0.302 e. The third-order valence-electron chi connectivity index (χ3n) is 12.0. The van der Waals surface area contributed by atoms with Crippen LogP contribution in [-0.2, 0) is 9.53 Å². The lowest BCUT2D eigenvalue weighted by Crippen LogP contribution is -2.61. The Hall–Kier alpha value is -0.505. The van der Waals surface area contributed by atoms with Crippen LogP contribution >= 0.6 is 0 Å². The SMILES string of the molecule is B[C@]12C[C@@H](OC(C)=O)CC[C@]1(C)[C@H]1CC[C@]3(C)[C@@H]([C@H](C)CCCC(C)C)CC[C@H]3[C@@H]1C[C@H]2O. The summed E-state index contributed by atoms with van der Waals surface area (Å²) < 4.78 is 5.66. The number of ether oxygens (including phenoxy) is 1. The number of esters is 1. The van der Waals surface area contributed by atoms with Crippen LogP contribution in [0.5, 0.6) is 0 Å². The van der Waals surface area contributed by atoms with Crippen molar-refractivity contribution < 1.29 is 14.6 Å². The summed E-state index contributed by atoms with van der Waals surface area (Å²) in [7, 11) is 2.31. The van der Waals surface area contributed by atoms with Crippen molar-refractivity contribution in [1.29, 1.82) is 0 Å². The molecule has 0 saturated heterocycles. The molecule has 3 nitrogen and oxygen atoms in total. The van der Waals surface area contributed by atoms with Crippen LogP contribution in [0, 0.1) is 46.3 Å². The predicted molar refractivity (Wildman–Crippen MR) is 138 cm³/mol. The molecule has 188 valence electrons. The summed E-state index contributed by atoms with van der Waals surface area (Å²) in [4.78, 5) is 11.6. The van der Waals surface area contributed by atoms with Crippen LogP contribution in [0.3, 0.4) is 0 Å². The highest BCUT2D eigenvalue weighted by Crippen LogP contribution is 2.73. The van der Waals surface area contributed by atoms with E-state index >= 15 is 0 Å². The van der Waals surface area contributed by atoms with Gasteiger partial charge in [0.15, 0.2) is 0 Å². The Morgan fingerprint density at radius 3 is 2.45 bits per heavy atom. The number of fused-ring (bicyclic) bond motifs is 5. The summed E-state index contributed by atoms with van der Waals surface area (Å²) in [6.45, 7) is 13.9. The van der Waals surface area contributed by atoms with Gasteiger partial charge < -0.3 is 9.84 Å². The Labute approximate surface area is 204 Å². The molecule has 4 fully saturated rings. The zero-order valence-electron chi connectivity index (χ0n) is 22.7. The minimum Gasteiger partial charge on any atom is -0.463 e. The minimum atomic E-state index is -0.285. The van der Waals surface area contributed by atoms with Gasteiger partial charge in [0.2, 0.25) is 0 Å². The highest BCUT2D eigenvalue weighted by atomic mass is 16.5. The van der Waals surface area contributed by atoms with Crippen LogP contribution in [-0.4, -0.2) is 31.1 Å². The summed E-state index contributed by atoms with van der Waals surface area (Å²) >= 11 is 0. The van der Waals surface area contributed by atoms with Crippen molar-refractivity contribution in [1.82, 2.24) is 0 Å². The van der Waals surface area contributed by atoms with Gasteiger partial charge in [-0.15, -0.1) is 0 Å². The normalized spacial score (nSPS) is 48.0. The van der Waals surface area contributed by atoms with Crippen molar-refractivity contribution in [2.45, 2.75) is 130 Å². The standard InChI is InChI=1S/C29H51BO3/c1-18(2)8-7-9-19(3)23-10-11-24-22-16-26(32)29(30)17-21(33-20(4)31)12-15-28(29,6)25(22)13-14-27(23,24)5/h18-19,21-26,32H,7-17,30H2,1-6H3/t19-,21+,22+,23-,24+,25+,26-,27-,28-,29+/m1/s1. The molecule has 0 amide bonds. The van der Waals surface area contributed by atoms with Crippen molar-refractivity contribution in [3.63, 3.8) is 0 Å². The summed E-state index contributed by atoms with van der Waals surface area (Å²) in [5, 5.41) is 11.5. The van der Waals surface area contributed by atoms with Gasteiger partial charge in [-0.2, -0.15) is 0 Å².